The Morgan fingerprint density at radius 3 is 2.76 bits per heavy atom. The van der Waals surface area contributed by atoms with Crippen LogP contribution in [-0.4, -0.2) is 44.9 Å². The summed E-state index contributed by atoms with van der Waals surface area (Å²) in [7, 11) is -2.21. The minimum Gasteiger partial charge on any atom is -0.497 e. The maximum Gasteiger partial charge on any atom is 0.240 e. The van der Waals surface area contributed by atoms with E-state index in [-0.39, 0.29) is 35.7 Å². The minimum atomic E-state index is -3.79. The van der Waals surface area contributed by atoms with E-state index >= 15 is 0 Å². The van der Waals surface area contributed by atoms with Crippen molar-refractivity contribution in [2.45, 2.75) is 37.6 Å². The summed E-state index contributed by atoms with van der Waals surface area (Å²) in [6.07, 6.45) is 0.549. The average Bonchev–Trinajstić information content (AvgIpc) is 3.31. The summed E-state index contributed by atoms with van der Waals surface area (Å²) in [5, 5.41) is 3.14. The maximum atomic E-state index is 12.7. The van der Waals surface area contributed by atoms with Gasteiger partial charge in [0, 0.05) is 31.6 Å². The Bertz CT molecular complexity index is 1340. The molecule has 2 heterocycles. The first kappa shape index (κ1) is 23.1. The number of nitrogens with zero attached hydrogens (tertiary/aromatic N) is 2. The predicted octanol–water partition coefficient (Wildman–Crippen LogP) is 2.91. The number of anilines is 2. The largest absolute Gasteiger partial charge is 0.497 e. The zero-order valence-corrected chi connectivity index (χ0v) is 20.0. The van der Waals surface area contributed by atoms with Gasteiger partial charge in [0.2, 0.25) is 21.8 Å². The third-order valence-corrected chi connectivity index (χ3v) is 7.79. The van der Waals surface area contributed by atoms with Crippen LogP contribution in [0, 0.1) is 0 Å². The maximum absolute atomic E-state index is 12.7. The molecule has 0 saturated carbocycles. The van der Waals surface area contributed by atoms with Gasteiger partial charge in [0.05, 0.1) is 22.2 Å². The van der Waals surface area contributed by atoms with Gasteiger partial charge in [0.1, 0.15) is 5.75 Å². The van der Waals surface area contributed by atoms with Crippen molar-refractivity contribution in [3.05, 3.63) is 42.0 Å². The van der Waals surface area contributed by atoms with Crippen LogP contribution in [0.3, 0.4) is 0 Å². The number of amides is 2. The number of benzene rings is 2. The van der Waals surface area contributed by atoms with Crippen molar-refractivity contribution >= 4 is 54.2 Å². The van der Waals surface area contributed by atoms with E-state index in [1.54, 1.807) is 36.3 Å². The first-order valence-electron chi connectivity index (χ1n) is 10.3. The van der Waals surface area contributed by atoms with E-state index in [0.29, 0.717) is 17.3 Å². The summed E-state index contributed by atoms with van der Waals surface area (Å²) in [5.41, 5.74) is 2.29. The van der Waals surface area contributed by atoms with E-state index in [1.165, 1.54) is 24.3 Å². The summed E-state index contributed by atoms with van der Waals surface area (Å²) in [6, 6.07) is 10.1. The minimum absolute atomic E-state index is 0.0179. The SMILES string of the molecule is COc1ccc2nc(NC(=O)CCNS(=O)(=O)c3ccc4c(c3)C[C@H](C)N4C(C)=O)sc2c1. The fraction of sp³-hybridized carbons (Fsp3) is 0.318. The standard InChI is InChI=1S/C22H24N4O5S2/c1-13-10-15-11-17(5-7-19(15)26(13)14(2)27)33(29,30)23-9-8-21(28)25-22-24-18-6-4-16(31-3)12-20(18)32-22/h4-7,11-13,23H,8-10H2,1-3H3,(H,24,25,28)/t13-/m0/s1. The Labute approximate surface area is 195 Å². The molecule has 4 rings (SSSR count). The normalized spacial score (nSPS) is 15.5. The van der Waals surface area contributed by atoms with Crippen LogP contribution in [0.1, 0.15) is 25.8 Å². The molecule has 2 N–H and O–H groups in total. The quantitative estimate of drug-likeness (QED) is 0.528. The topological polar surface area (TPSA) is 118 Å². The summed E-state index contributed by atoms with van der Waals surface area (Å²) >= 11 is 1.31. The highest BCUT2D eigenvalue weighted by Crippen LogP contribution is 2.34. The fourth-order valence-corrected chi connectivity index (χ4v) is 5.90. The summed E-state index contributed by atoms with van der Waals surface area (Å²) in [4.78, 5) is 30.3. The van der Waals surface area contributed by atoms with E-state index in [1.807, 2.05) is 13.0 Å². The van der Waals surface area contributed by atoms with Crippen molar-refractivity contribution in [3.63, 3.8) is 0 Å². The number of hydrogen-bond acceptors (Lipinski definition) is 7. The van der Waals surface area contributed by atoms with Crippen LogP contribution in [0.5, 0.6) is 5.75 Å². The third-order valence-electron chi connectivity index (χ3n) is 5.40. The van der Waals surface area contributed by atoms with E-state index in [2.05, 4.69) is 15.0 Å². The molecule has 0 spiro atoms. The number of sulfonamides is 1. The summed E-state index contributed by atoms with van der Waals surface area (Å²) < 4.78 is 33.9. The molecule has 1 aliphatic heterocycles. The number of fused-ring (bicyclic) bond motifs is 2. The van der Waals surface area contributed by atoms with Crippen molar-refractivity contribution < 1.29 is 22.7 Å². The highest BCUT2D eigenvalue weighted by molar-refractivity contribution is 7.89. The Hall–Kier alpha value is -3.02. The Balaban J connectivity index is 1.36. The highest BCUT2D eigenvalue weighted by atomic mass is 32.2. The number of carbonyl (C=O) groups excluding carboxylic acids is 2. The van der Waals surface area contributed by atoms with Crippen LogP contribution in [0.25, 0.3) is 10.2 Å². The Morgan fingerprint density at radius 2 is 2.03 bits per heavy atom. The zero-order valence-electron chi connectivity index (χ0n) is 18.4. The van der Waals surface area contributed by atoms with Gasteiger partial charge in [-0.2, -0.15) is 0 Å². The number of methoxy groups -OCH3 is 1. The van der Waals surface area contributed by atoms with Crippen LogP contribution in [0.4, 0.5) is 10.8 Å². The number of nitrogens with one attached hydrogen (secondary N) is 2. The van der Waals surface area contributed by atoms with E-state index < -0.39 is 10.0 Å². The van der Waals surface area contributed by atoms with Crippen LogP contribution in [-0.2, 0) is 26.0 Å². The molecule has 11 heteroatoms. The van der Waals surface area contributed by atoms with Gasteiger partial charge >= 0.3 is 0 Å². The van der Waals surface area contributed by atoms with E-state index in [4.69, 9.17) is 4.74 Å². The lowest BCUT2D eigenvalue weighted by molar-refractivity contribution is -0.117. The van der Waals surface area contributed by atoms with E-state index in [9.17, 15) is 18.0 Å². The lowest BCUT2D eigenvalue weighted by Crippen LogP contribution is -2.33. The Morgan fingerprint density at radius 1 is 1.24 bits per heavy atom. The monoisotopic (exact) mass is 488 g/mol. The van der Waals surface area contributed by atoms with Gasteiger partial charge in [-0.05, 0) is 55.3 Å². The Kier molecular flexibility index (Phi) is 6.37. The van der Waals surface area contributed by atoms with Crippen molar-refractivity contribution in [1.82, 2.24) is 9.71 Å². The van der Waals surface area contributed by atoms with Crippen molar-refractivity contribution in [3.8, 4) is 5.75 Å². The molecule has 0 bridgehead atoms. The molecule has 0 saturated heterocycles. The van der Waals surface area contributed by atoms with Crippen molar-refractivity contribution in [1.29, 1.82) is 0 Å². The second kappa shape index (κ2) is 9.08. The fourth-order valence-electron chi connectivity index (χ4n) is 3.90. The van der Waals surface area contributed by atoms with Gasteiger partial charge in [-0.15, -0.1) is 0 Å². The predicted molar refractivity (Wildman–Crippen MR) is 127 cm³/mol. The lowest BCUT2D eigenvalue weighted by Gasteiger charge is -2.20. The van der Waals surface area contributed by atoms with Crippen LogP contribution >= 0.6 is 11.3 Å². The zero-order chi connectivity index (χ0) is 23.8. The number of aromatic nitrogens is 1. The highest BCUT2D eigenvalue weighted by Gasteiger charge is 2.30. The molecule has 174 valence electrons. The van der Waals surface area contributed by atoms with Crippen LogP contribution in [0.2, 0.25) is 0 Å². The number of rotatable bonds is 7. The molecule has 1 aromatic heterocycles. The van der Waals surface area contributed by atoms with Gasteiger partial charge in [0.25, 0.3) is 0 Å². The first-order valence-corrected chi connectivity index (χ1v) is 12.6. The van der Waals surface area contributed by atoms with Gasteiger partial charge < -0.3 is 15.0 Å². The summed E-state index contributed by atoms with van der Waals surface area (Å²) in [5.74, 6) is 0.283. The van der Waals surface area contributed by atoms with Crippen molar-refractivity contribution in [2.24, 2.45) is 0 Å². The molecule has 0 unspecified atom stereocenters. The first-order chi connectivity index (χ1) is 15.7. The lowest BCUT2D eigenvalue weighted by atomic mass is 10.1. The second-order valence-corrected chi connectivity index (χ2v) is 10.6. The smallest absolute Gasteiger partial charge is 0.240 e. The molecular weight excluding hydrogens is 464 g/mol. The molecule has 2 aromatic carbocycles. The molecule has 2 amide bonds. The number of carbonyl (C=O) groups is 2. The number of hydrogen-bond donors (Lipinski definition) is 2. The molecule has 3 aromatic rings. The van der Waals surface area contributed by atoms with Gasteiger partial charge in [0.15, 0.2) is 5.13 Å². The van der Waals surface area contributed by atoms with Crippen LogP contribution < -0.4 is 19.7 Å². The van der Waals surface area contributed by atoms with Gasteiger partial charge in [-0.25, -0.2) is 18.1 Å². The third kappa shape index (κ3) is 4.85. The van der Waals surface area contributed by atoms with Gasteiger partial charge in [-0.3, -0.25) is 9.59 Å². The average molecular weight is 489 g/mol. The summed E-state index contributed by atoms with van der Waals surface area (Å²) in [6.45, 7) is 3.36. The number of ether oxygens (including phenoxy) is 1. The molecular formula is C22H24N4O5S2. The molecule has 0 fully saturated rings. The van der Waals surface area contributed by atoms with Crippen LogP contribution in [0.15, 0.2) is 41.3 Å². The molecule has 0 radical (unpaired) electrons. The van der Waals surface area contributed by atoms with E-state index in [0.717, 1.165) is 21.5 Å². The molecule has 1 aliphatic rings. The second-order valence-electron chi connectivity index (χ2n) is 7.78. The molecule has 9 nitrogen and oxygen atoms in total. The number of thiazole rings is 1. The molecule has 0 aliphatic carbocycles. The molecule has 33 heavy (non-hydrogen) atoms. The van der Waals surface area contributed by atoms with Crippen molar-refractivity contribution in [2.75, 3.05) is 23.9 Å². The molecule has 1 atom stereocenters. The van der Waals surface area contributed by atoms with Gasteiger partial charge in [-0.1, -0.05) is 11.3 Å².